The summed E-state index contributed by atoms with van der Waals surface area (Å²) in [4.78, 5) is 11.6. The molecule has 1 aromatic carbocycles. The van der Waals surface area contributed by atoms with E-state index in [1.807, 2.05) is 0 Å². The molecule has 0 bridgehead atoms. The van der Waals surface area contributed by atoms with Gasteiger partial charge in [0.05, 0.1) is 0 Å². The minimum atomic E-state index is -0.313. The van der Waals surface area contributed by atoms with E-state index in [0.29, 0.717) is 5.69 Å². The first-order valence-corrected chi connectivity index (χ1v) is 5.78. The van der Waals surface area contributed by atoms with Crippen LogP contribution < -0.4 is 16.0 Å². The van der Waals surface area contributed by atoms with Crippen LogP contribution in [0.5, 0.6) is 0 Å². The molecule has 1 fully saturated rings. The molecule has 1 atom stereocenters. The number of carbonyl (C=O) groups is 1. The summed E-state index contributed by atoms with van der Waals surface area (Å²) in [6, 6.07) is 5.63. The fraction of sp³-hybridized carbons (Fsp3) is 0.417. The van der Waals surface area contributed by atoms with Gasteiger partial charge in [-0.2, -0.15) is 0 Å². The first kappa shape index (κ1) is 11.9. The van der Waals surface area contributed by atoms with Gasteiger partial charge in [-0.1, -0.05) is 0 Å². The summed E-state index contributed by atoms with van der Waals surface area (Å²) in [5.74, 6) is -0.313. The monoisotopic (exact) mass is 237 g/mol. The van der Waals surface area contributed by atoms with Crippen LogP contribution in [0.2, 0.25) is 0 Å². The van der Waals surface area contributed by atoms with E-state index in [2.05, 4.69) is 16.0 Å². The number of rotatable bonds is 2. The highest BCUT2D eigenvalue weighted by Crippen LogP contribution is 2.08. The van der Waals surface area contributed by atoms with Gasteiger partial charge in [-0.15, -0.1) is 0 Å². The first-order chi connectivity index (χ1) is 8.24. The number of halogens is 1. The maximum Gasteiger partial charge on any atom is 0.319 e. The smallest absolute Gasteiger partial charge is 0.319 e. The Morgan fingerprint density at radius 1 is 1.35 bits per heavy atom. The van der Waals surface area contributed by atoms with E-state index in [-0.39, 0.29) is 17.9 Å². The van der Waals surface area contributed by atoms with Crippen LogP contribution in [-0.4, -0.2) is 25.2 Å². The molecule has 0 aliphatic carbocycles. The van der Waals surface area contributed by atoms with Gasteiger partial charge in [0, 0.05) is 18.3 Å². The highest BCUT2D eigenvalue weighted by atomic mass is 19.1. The second-order valence-electron chi connectivity index (χ2n) is 4.15. The average molecular weight is 237 g/mol. The number of urea groups is 1. The molecule has 1 saturated heterocycles. The summed E-state index contributed by atoms with van der Waals surface area (Å²) in [5.41, 5.74) is 0.590. The van der Waals surface area contributed by atoms with Gasteiger partial charge in [0.1, 0.15) is 5.82 Å². The molecule has 1 aliphatic heterocycles. The van der Waals surface area contributed by atoms with Crippen LogP contribution in [0.4, 0.5) is 14.9 Å². The second kappa shape index (κ2) is 5.63. The van der Waals surface area contributed by atoms with Crippen LogP contribution in [-0.2, 0) is 0 Å². The largest absolute Gasteiger partial charge is 0.334 e. The molecule has 4 nitrogen and oxygen atoms in total. The Bertz CT molecular complexity index is 374. The SMILES string of the molecule is O=C(Nc1ccc(F)cc1)NC1CCCNC1. The summed E-state index contributed by atoms with van der Waals surface area (Å²) in [7, 11) is 0. The molecule has 5 heteroatoms. The Labute approximate surface area is 99.6 Å². The predicted octanol–water partition coefficient (Wildman–Crippen LogP) is 1.70. The lowest BCUT2D eigenvalue weighted by atomic mass is 10.1. The molecule has 1 aliphatic rings. The van der Waals surface area contributed by atoms with Crippen molar-refractivity contribution in [3.05, 3.63) is 30.1 Å². The van der Waals surface area contributed by atoms with Gasteiger partial charge in [-0.25, -0.2) is 9.18 Å². The molecule has 2 amide bonds. The number of anilines is 1. The summed E-state index contributed by atoms with van der Waals surface area (Å²) in [6.45, 7) is 1.81. The van der Waals surface area contributed by atoms with Crippen molar-refractivity contribution < 1.29 is 9.18 Å². The molecular weight excluding hydrogens is 221 g/mol. The van der Waals surface area contributed by atoms with Crippen molar-refractivity contribution in [3.63, 3.8) is 0 Å². The fourth-order valence-corrected chi connectivity index (χ4v) is 1.86. The Morgan fingerprint density at radius 2 is 2.12 bits per heavy atom. The maximum absolute atomic E-state index is 12.7. The fourth-order valence-electron chi connectivity index (χ4n) is 1.86. The lowest BCUT2D eigenvalue weighted by Gasteiger charge is -2.23. The Kier molecular flexibility index (Phi) is 3.93. The average Bonchev–Trinajstić information content (AvgIpc) is 2.33. The van der Waals surface area contributed by atoms with Gasteiger partial charge >= 0.3 is 6.03 Å². The van der Waals surface area contributed by atoms with Gasteiger partial charge in [-0.05, 0) is 43.7 Å². The van der Waals surface area contributed by atoms with Crippen molar-refractivity contribution in [2.24, 2.45) is 0 Å². The number of carbonyl (C=O) groups excluding carboxylic acids is 1. The minimum Gasteiger partial charge on any atom is -0.334 e. The molecule has 0 spiro atoms. The Hall–Kier alpha value is -1.62. The first-order valence-electron chi connectivity index (χ1n) is 5.78. The van der Waals surface area contributed by atoms with Gasteiger partial charge < -0.3 is 16.0 Å². The molecular formula is C12H16FN3O. The van der Waals surface area contributed by atoms with Crippen molar-refractivity contribution in [1.29, 1.82) is 0 Å². The van der Waals surface area contributed by atoms with E-state index in [4.69, 9.17) is 0 Å². The number of piperidine rings is 1. The van der Waals surface area contributed by atoms with Gasteiger partial charge in [-0.3, -0.25) is 0 Å². The van der Waals surface area contributed by atoms with E-state index in [1.165, 1.54) is 24.3 Å². The highest BCUT2D eigenvalue weighted by molar-refractivity contribution is 5.89. The topological polar surface area (TPSA) is 53.2 Å². The number of benzene rings is 1. The van der Waals surface area contributed by atoms with Crippen LogP contribution in [0.1, 0.15) is 12.8 Å². The molecule has 17 heavy (non-hydrogen) atoms. The van der Waals surface area contributed by atoms with Gasteiger partial charge in [0.15, 0.2) is 0 Å². The predicted molar refractivity (Wildman–Crippen MR) is 64.4 cm³/mol. The van der Waals surface area contributed by atoms with Crippen molar-refractivity contribution in [2.75, 3.05) is 18.4 Å². The van der Waals surface area contributed by atoms with Crippen LogP contribution in [0, 0.1) is 5.82 Å². The van der Waals surface area contributed by atoms with Gasteiger partial charge in [0.25, 0.3) is 0 Å². The molecule has 92 valence electrons. The van der Waals surface area contributed by atoms with E-state index < -0.39 is 0 Å². The second-order valence-corrected chi connectivity index (χ2v) is 4.15. The lowest BCUT2D eigenvalue weighted by Crippen LogP contribution is -2.47. The Balaban J connectivity index is 1.82. The van der Waals surface area contributed by atoms with E-state index in [1.54, 1.807) is 0 Å². The zero-order valence-electron chi connectivity index (χ0n) is 9.50. The highest BCUT2D eigenvalue weighted by Gasteiger charge is 2.14. The quantitative estimate of drug-likeness (QED) is 0.733. The lowest BCUT2D eigenvalue weighted by molar-refractivity contribution is 0.245. The number of hydrogen-bond donors (Lipinski definition) is 3. The zero-order chi connectivity index (χ0) is 12.1. The standard InChI is InChI=1S/C12H16FN3O/c13-9-3-5-10(6-4-9)15-12(17)16-11-2-1-7-14-8-11/h3-6,11,14H,1-2,7-8H2,(H2,15,16,17). The number of hydrogen-bond acceptors (Lipinski definition) is 2. The van der Waals surface area contributed by atoms with Crippen molar-refractivity contribution in [3.8, 4) is 0 Å². The van der Waals surface area contributed by atoms with E-state index >= 15 is 0 Å². The number of amides is 2. The van der Waals surface area contributed by atoms with Crippen LogP contribution >= 0.6 is 0 Å². The molecule has 1 unspecified atom stereocenters. The summed E-state index contributed by atoms with van der Waals surface area (Å²) in [5, 5.41) is 8.77. The number of nitrogens with one attached hydrogen (secondary N) is 3. The summed E-state index contributed by atoms with van der Waals surface area (Å²) >= 11 is 0. The van der Waals surface area contributed by atoms with Crippen molar-refractivity contribution >= 4 is 11.7 Å². The third-order valence-corrected chi connectivity index (χ3v) is 2.73. The zero-order valence-corrected chi connectivity index (χ0v) is 9.50. The molecule has 0 aromatic heterocycles. The summed E-state index contributed by atoms with van der Waals surface area (Å²) in [6.07, 6.45) is 2.06. The molecule has 2 rings (SSSR count). The molecule has 1 aromatic rings. The normalized spacial score (nSPS) is 19.7. The van der Waals surface area contributed by atoms with Gasteiger partial charge in [0.2, 0.25) is 0 Å². The van der Waals surface area contributed by atoms with E-state index in [9.17, 15) is 9.18 Å². The molecule has 3 N–H and O–H groups in total. The summed E-state index contributed by atoms with van der Waals surface area (Å²) < 4.78 is 12.7. The molecule has 0 radical (unpaired) electrons. The van der Waals surface area contributed by atoms with Crippen LogP contribution in [0.15, 0.2) is 24.3 Å². The van der Waals surface area contributed by atoms with Crippen LogP contribution in [0.3, 0.4) is 0 Å². The van der Waals surface area contributed by atoms with Crippen LogP contribution in [0.25, 0.3) is 0 Å². The van der Waals surface area contributed by atoms with Crippen molar-refractivity contribution in [2.45, 2.75) is 18.9 Å². The van der Waals surface area contributed by atoms with Crippen molar-refractivity contribution in [1.82, 2.24) is 10.6 Å². The maximum atomic E-state index is 12.7. The molecule has 0 saturated carbocycles. The third-order valence-electron chi connectivity index (χ3n) is 2.73. The third kappa shape index (κ3) is 3.71. The molecule has 1 heterocycles. The van der Waals surface area contributed by atoms with E-state index in [0.717, 1.165) is 25.9 Å². The Morgan fingerprint density at radius 3 is 2.76 bits per heavy atom. The minimum absolute atomic E-state index is 0.171.